The van der Waals surface area contributed by atoms with Crippen LogP contribution in [0.2, 0.25) is 0 Å². The van der Waals surface area contributed by atoms with Crippen molar-refractivity contribution in [2.45, 2.75) is 25.7 Å². The maximum Gasteiger partial charge on any atom is 0.308 e. The van der Waals surface area contributed by atoms with E-state index < -0.39 is 11.9 Å². The van der Waals surface area contributed by atoms with Crippen LogP contribution in [0.1, 0.15) is 25.7 Å². The molecular weight excluding hydrogens is 220 g/mol. The second kappa shape index (κ2) is 5.49. The molecule has 0 aliphatic carbocycles. The van der Waals surface area contributed by atoms with Crippen LogP contribution in [0.4, 0.5) is 0 Å². The fourth-order valence-electron chi connectivity index (χ4n) is 2.65. The molecule has 5 heteroatoms. The third kappa shape index (κ3) is 3.19. The highest BCUT2D eigenvalue weighted by Gasteiger charge is 2.33. The fourth-order valence-corrected chi connectivity index (χ4v) is 2.65. The van der Waals surface area contributed by atoms with Crippen LogP contribution in [0.3, 0.4) is 0 Å². The molecule has 2 rings (SSSR count). The summed E-state index contributed by atoms with van der Waals surface area (Å²) in [5.41, 5.74) is 0. The van der Waals surface area contributed by atoms with Crippen molar-refractivity contribution in [2.75, 3.05) is 32.7 Å². The Kier molecular flexibility index (Phi) is 3.99. The lowest BCUT2D eigenvalue weighted by Gasteiger charge is -2.19. The van der Waals surface area contributed by atoms with E-state index in [4.69, 9.17) is 5.11 Å². The summed E-state index contributed by atoms with van der Waals surface area (Å²) in [5, 5.41) is 8.86. The average Bonchev–Trinajstić information content (AvgIpc) is 2.89. The topological polar surface area (TPSA) is 60.9 Å². The number of carboxylic acid groups (broad SMARTS) is 1. The molecule has 0 aromatic carbocycles. The average molecular weight is 240 g/mol. The van der Waals surface area contributed by atoms with Crippen LogP contribution in [0, 0.1) is 5.92 Å². The number of hydrogen-bond acceptors (Lipinski definition) is 3. The van der Waals surface area contributed by atoms with Gasteiger partial charge in [-0.05, 0) is 38.9 Å². The third-order valence-corrected chi connectivity index (χ3v) is 3.66. The largest absolute Gasteiger partial charge is 0.481 e. The molecule has 0 bridgehead atoms. The summed E-state index contributed by atoms with van der Waals surface area (Å²) in [4.78, 5) is 26.5. The number of likely N-dealkylation sites (tertiary alicyclic amines) is 2. The third-order valence-electron chi connectivity index (χ3n) is 3.66. The zero-order valence-corrected chi connectivity index (χ0v) is 10.1. The van der Waals surface area contributed by atoms with Gasteiger partial charge in [-0.1, -0.05) is 0 Å². The van der Waals surface area contributed by atoms with Crippen LogP contribution in [-0.4, -0.2) is 59.5 Å². The first-order chi connectivity index (χ1) is 8.16. The Morgan fingerprint density at radius 3 is 2.59 bits per heavy atom. The first-order valence-electron chi connectivity index (χ1n) is 6.40. The lowest BCUT2D eigenvalue weighted by atomic mass is 10.1. The van der Waals surface area contributed by atoms with E-state index in [9.17, 15) is 9.59 Å². The molecule has 17 heavy (non-hydrogen) atoms. The molecular formula is C12H20N2O3. The Labute approximate surface area is 101 Å². The number of carboxylic acids is 1. The van der Waals surface area contributed by atoms with Gasteiger partial charge in [0.1, 0.15) is 0 Å². The van der Waals surface area contributed by atoms with Crippen LogP contribution >= 0.6 is 0 Å². The Balaban J connectivity index is 1.68. The van der Waals surface area contributed by atoms with Crippen molar-refractivity contribution in [3.05, 3.63) is 0 Å². The quantitative estimate of drug-likeness (QED) is 0.756. The van der Waals surface area contributed by atoms with Crippen molar-refractivity contribution < 1.29 is 14.7 Å². The van der Waals surface area contributed by atoms with Gasteiger partial charge in [-0.15, -0.1) is 0 Å². The SMILES string of the molecule is O=C(O)C1CC(=O)N(CCCN2CCCC2)C1. The van der Waals surface area contributed by atoms with Gasteiger partial charge in [0.15, 0.2) is 0 Å². The van der Waals surface area contributed by atoms with E-state index in [0.717, 1.165) is 13.0 Å². The molecule has 1 N–H and O–H groups in total. The number of aliphatic carboxylic acids is 1. The molecule has 2 fully saturated rings. The number of carbonyl (C=O) groups excluding carboxylic acids is 1. The van der Waals surface area contributed by atoms with Gasteiger partial charge in [-0.2, -0.15) is 0 Å². The highest BCUT2D eigenvalue weighted by molar-refractivity contribution is 5.86. The van der Waals surface area contributed by atoms with E-state index in [1.54, 1.807) is 4.90 Å². The highest BCUT2D eigenvalue weighted by Crippen LogP contribution is 2.18. The van der Waals surface area contributed by atoms with E-state index in [-0.39, 0.29) is 12.3 Å². The minimum absolute atomic E-state index is 0.00109. The van der Waals surface area contributed by atoms with Gasteiger partial charge in [0.2, 0.25) is 5.91 Å². The zero-order chi connectivity index (χ0) is 12.3. The molecule has 5 nitrogen and oxygen atoms in total. The van der Waals surface area contributed by atoms with Gasteiger partial charge in [0.05, 0.1) is 5.92 Å². The van der Waals surface area contributed by atoms with Gasteiger partial charge >= 0.3 is 5.97 Å². The highest BCUT2D eigenvalue weighted by atomic mass is 16.4. The van der Waals surface area contributed by atoms with Gasteiger partial charge in [-0.3, -0.25) is 9.59 Å². The second-order valence-electron chi connectivity index (χ2n) is 4.98. The lowest BCUT2D eigenvalue weighted by molar-refractivity contribution is -0.141. The Bertz CT molecular complexity index is 300. The Morgan fingerprint density at radius 2 is 2.00 bits per heavy atom. The van der Waals surface area contributed by atoms with Crippen molar-refractivity contribution in [1.29, 1.82) is 0 Å². The van der Waals surface area contributed by atoms with E-state index >= 15 is 0 Å². The summed E-state index contributed by atoms with van der Waals surface area (Å²) in [7, 11) is 0. The van der Waals surface area contributed by atoms with Gasteiger partial charge in [0, 0.05) is 19.5 Å². The van der Waals surface area contributed by atoms with Crippen molar-refractivity contribution in [1.82, 2.24) is 9.80 Å². The van der Waals surface area contributed by atoms with Crippen LogP contribution in [0.5, 0.6) is 0 Å². The van der Waals surface area contributed by atoms with Crippen LogP contribution < -0.4 is 0 Å². The monoisotopic (exact) mass is 240 g/mol. The minimum Gasteiger partial charge on any atom is -0.481 e. The van der Waals surface area contributed by atoms with Gasteiger partial charge in [-0.25, -0.2) is 0 Å². The van der Waals surface area contributed by atoms with Gasteiger partial charge < -0.3 is 14.9 Å². The molecule has 96 valence electrons. The lowest BCUT2D eigenvalue weighted by Crippen LogP contribution is -2.30. The molecule has 0 radical (unpaired) electrons. The smallest absolute Gasteiger partial charge is 0.308 e. The molecule has 0 saturated carbocycles. The summed E-state index contributed by atoms with van der Waals surface area (Å²) < 4.78 is 0. The summed E-state index contributed by atoms with van der Waals surface area (Å²) in [6.45, 7) is 4.48. The number of carbonyl (C=O) groups is 2. The predicted molar refractivity (Wildman–Crippen MR) is 62.6 cm³/mol. The first-order valence-corrected chi connectivity index (χ1v) is 6.40. The summed E-state index contributed by atoms with van der Waals surface area (Å²) in [5.74, 6) is -1.34. The van der Waals surface area contributed by atoms with E-state index in [0.29, 0.717) is 13.1 Å². The molecule has 2 aliphatic rings. The Hall–Kier alpha value is -1.10. The molecule has 1 atom stereocenters. The number of nitrogens with zero attached hydrogens (tertiary/aromatic N) is 2. The number of amides is 1. The number of rotatable bonds is 5. The summed E-state index contributed by atoms with van der Waals surface area (Å²) >= 11 is 0. The van der Waals surface area contributed by atoms with E-state index in [1.165, 1.54) is 25.9 Å². The minimum atomic E-state index is -0.847. The van der Waals surface area contributed by atoms with Crippen LogP contribution in [0.15, 0.2) is 0 Å². The molecule has 0 spiro atoms. The molecule has 2 saturated heterocycles. The van der Waals surface area contributed by atoms with Crippen molar-refractivity contribution >= 4 is 11.9 Å². The van der Waals surface area contributed by atoms with Crippen molar-refractivity contribution in [3.8, 4) is 0 Å². The summed E-state index contributed by atoms with van der Waals surface area (Å²) in [6, 6.07) is 0. The van der Waals surface area contributed by atoms with Crippen molar-refractivity contribution in [2.24, 2.45) is 5.92 Å². The molecule has 0 aromatic heterocycles. The zero-order valence-electron chi connectivity index (χ0n) is 10.1. The Morgan fingerprint density at radius 1 is 1.29 bits per heavy atom. The fraction of sp³-hybridized carbons (Fsp3) is 0.833. The number of hydrogen-bond donors (Lipinski definition) is 1. The molecule has 2 aliphatic heterocycles. The standard InChI is InChI=1S/C12H20N2O3/c15-11-8-10(12(16)17)9-14(11)7-3-6-13-4-1-2-5-13/h10H,1-9H2,(H,16,17). The summed E-state index contributed by atoms with van der Waals surface area (Å²) in [6.07, 6.45) is 3.70. The predicted octanol–water partition coefficient (Wildman–Crippen LogP) is 0.405. The van der Waals surface area contributed by atoms with Crippen molar-refractivity contribution in [3.63, 3.8) is 0 Å². The first kappa shape index (κ1) is 12.4. The molecule has 0 aromatic rings. The molecule has 1 amide bonds. The van der Waals surface area contributed by atoms with Gasteiger partial charge in [0.25, 0.3) is 0 Å². The molecule has 1 unspecified atom stereocenters. The van der Waals surface area contributed by atoms with Crippen LogP contribution in [-0.2, 0) is 9.59 Å². The van der Waals surface area contributed by atoms with E-state index in [2.05, 4.69) is 4.90 Å². The van der Waals surface area contributed by atoms with Crippen LogP contribution in [0.25, 0.3) is 0 Å². The van der Waals surface area contributed by atoms with E-state index in [1.807, 2.05) is 0 Å². The normalized spacial score (nSPS) is 25.8. The molecule has 2 heterocycles. The maximum atomic E-state index is 11.6. The maximum absolute atomic E-state index is 11.6. The second-order valence-corrected chi connectivity index (χ2v) is 4.98.